The van der Waals surface area contributed by atoms with E-state index >= 15 is 0 Å². The first-order chi connectivity index (χ1) is 10.0. The van der Waals surface area contributed by atoms with Crippen molar-refractivity contribution in [2.45, 2.75) is 32.9 Å². The molecule has 3 nitrogen and oxygen atoms in total. The van der Waals surface area contributed by atoms with Gasteiger partial charge in [0.1, 0.15) is 11.6 Å². The number of ether oxygens (including phenoxy) is 1. The fourth-order valence-electron chi connectivity index (χ4n) is 2.18. The first kappa shape index (κ1) is 15.5. The van der Waals surface area contributed by atoms with Crippen LogP contribution in [0.4, 0.5) is 4.39 Å². The molecule has 1 unspecified atom stereocenters. The van der Waals surface area contributed by atoms with Gasteiger partial charge in [0.05, 0.1) is 12.1 Å². The average Bonchev–Trinajstić information content (AvgIpc) is 2.45. The Morgan fingerprint density at radius 2 is 1.67 bits per heavy atom. The van der Waals surface area contributed by atoms with Crippen LogP contribution < -0.4 is 16.0 Å². The summed E-state index contributed by atoms with van der Waals surface area (Å²) in [6, 6.07) is 12.5. The van der Waals surface area contributed by atoms with Crippen LogP contribution >= 0.6 is 0 Å². The van der Waals surface area contributed by atoms with Gasteiger partial charge in [-0.25, -0.2) is 9.82 Å². The number of hydrogen-bond donors (Lipinski definition) is 2. The fourth-order valence-corrected chi connectivity index (χ4v) is 2.18. The van der Waals surface area contributed by atoms with E-state index < -0.39 is 0 Å². The minimum atomic E-state index is -0.256. The zero-order valence-corrected chi connectivity index (χ0v) is 12.6. The first-order valence-electron chi connectivity index (χ1n) is 7.00. The molecule has 0 amide bonds. The number of aryl methyl sites for hydroxylation is 1. The Labute approximate surface area is 124 Å². The molecule has 0 bridgehead atoms. The zero-order valence-electron chi connectivity index (χ0n) is 12.6. The summed E-state index contributed by atoms with van der Waals surface area (Å²) in [5.41, 5.74) is 5.10. The van der Waals surface area contributed by atoms with E-state index in [2.05, 4.69) is 5.43 Å². The van der Waals surface area contributed by atoms with Gasteiger partial charge in [-0.05, 0) is 55.7 Å². The zero-order chi connectivity index (χ0) is 15.4. The molecule has 0 saturated carbocycles. The Bertz CT molecular complexity index is 596. The number of nitrogens with two attached hydrogens (primary N) is 1. The second kappa shape index (κ2) is 6.70. The van der Waals surface area contributed by atoms with Gasteiger partial charge >= 0.3 is 0 Å². The largest absolute Gasteiger partial charge is 0.491 e. The van der Waals surface area contributed by atoms with E-state index in [-0.39, 0.29) is 18.0 Å². The highest BCUT2D eigenvalue weighted by molar-refractivity contribution is 5.36. The third kappa shape index (κ3) is 3.80. The van der Waals surface area contributed by atoms with Gasteiger partial charge in [0.25, 0.3) is 0 Å². The summed E-state index contributed by atoms with van der Waals surface area (Å²) in [6.07, 6.45) is 0.130. The van der Waals surface area contributed by atoms with Crippen LogP contribution in [0.5, 0.6) is 5.75 Å². The van der Waals surface area contributed by atoms with Crippen molar-refractivity contribution >= 4 is 0 Å². The smallest absolute Gasteiger partial charge is 0.126 e. The molecular weight excluding hydrogens is 267 g/mol. The van der Waals surface area contributed by atoms with Crippen molar-refractivity contribution in [1.82, 2.24) is 5.43 Å². The molecule has 2 aromatic rings. The van der Waals surface area contributed by atoms with E-state index in [1.54, 1.807) is 13.0 Å². The highest BCUT2D eigenvalue weighted by Crippen LogP contribution is 2.25. The lowest BCUT2D eigenvalue weighted by Crippen LogP contribution is -2.28. The van der Waals surface area contributed by atoms with Crippen molar-refractivity contribution in [2.75, 3.05) is 0 Å². The summed E-state index contributed by atoms with van der Waals surface area (Å²) < 4.78 is 19.3. The molecule has 0 saturated heterocycles. The van der Waals surface area contributed by atoms with Crippen LogP contribution in [-0.2, 0) is 0 Å². The van der Waals surface area contributed by atoms with Gasteiger partial charge in [-0.15, -0.1) is 0 Å². The van der Waals surface area contributed by atoms with Crippen molar-refractivity contribution in [1.29, 1.82) is 0 Å². The van der Waals surface area contributed by atoms with Crippen LogP contribution in [0.15, 0.2) is 42.5 Å². The van der Waals surface area contributed by atoms with Crippen LogP contribution in [0.1, 0.15) is 36.6 Å². The number of halogens is 1. The molecule has 0 spiro atoms. The van der Waals surface area contributed by atoms with Crippen molar-refractivity contribution in [3.63, 3.8) is 0 Å². The average molecular weight is 288 g/mol. The standard InChI is InChI=1S/C17H21FN2O/c1-11(2)21-15-8-6-13(7-9-15)17(20-19)14-5-4-12(3)16(18)10-14/h4-11,17,20H,19H2,1-3H3. The fraction of sp³-hybridized carbons (Fsp3) is 0.294. The predicted octanol–water partition coefficient (Wildman–Crippen LogP) is 3.47. The summed E-state index contributed by atoms with van der Waals surface area (Å²) in [4.78, 5) is 0. The summed E-state index contributed by atoms with van der Waals surface area (Å²) >= 11 is 0. The molecule has 21 heavy (non-hydrogen) atoms. The monoisotopic (exact) mass is 288 g/mol. The van der Waals surface area contributed by atoms with Crippen molar-refractivity contribution in [3.05, 3.63) is 65.0 Å². The van der Waals surface area contributed by atoms with Gasteiger partial charge in [0.15, 0.2) is 0 Å². The molecule has 2 rings (SSSR count). The maximum Gasteiger partial charge on any atom is 0.126 e. The Morgan fingerprint density at radius 1 is 1.05 bits per heavy atom. The lowest BCUT2D eigenvalue weighted by molar-refractivity contribution is 0.242. The number of hydrazine groups is 1. The molecule has 0 radical (unpaired) electrons. The molecule has 0 aliphatic rings. The summed E-state index contributed by atoms with van der Waals surface area (Å²) in [6.45, 7) is 5.70. The number of rotatable bonds is 5. The molecule has 112 valence electrons. The number of hydrogen-bond acceptors (Lipinski definition) is 3. The first-order valence-corrected chi connectivity index (χ1v) is 7.00. The van der Waals surface area contributed by atoms with Gasteiger partial charge < -0.3 is 4.74 Å². The van der Waals surface area contributed by atoms with Crippen LogP contribution in [0, 0.1) is 12.7 Å². The van der Waals surface area contributed by atoms with Crippen molar-refractivity contribution < 1.29 is 9.13 Å². The summed E-state index contributed by atoms with van der Waals surface area (Å²) in [7, 11) is 0. The van der Waals surface area contributed by atoms with Crippen molar-refractivity contribution in [3.8, 4) is 5.75 Å². The Morgan fingerprint density at radius 3 is 2.19 bits per heavy atom. The molecule has 4 heteroatoms. The summed E-state index contributed by atoms with van der Waals surface area (Å²) in [5, 5.41) is 0. The Balaban J connectivity index is 2.26. The second-order valence-corrected chi connectivity index (χ2v) is 5.34. The molecule has 0 aliphatic heterocycles. The molecule has 0 aliphatic carbocycles. The van der Waals surface area contributed by atoms with E-state index in [9.17, 15) is 4.39 Å². The molecule has 0 aromatic heterocycles. The van der Waals surface area contributed by atoms with Crippen LogP contribution in [0.3, 0.4) is 0 Å². The topological polar surface area (TPSA) is 47.3 Å². The quantitative estimate of drug-likeness (QED) is 0.654. The number of benzene rings is 2. The minimum absolute atomic E-state index is 0.130. The molecule has 0 heterocycles. The molecule has 0 fully saturated rings. The Hall–Kier alpha value is -1.91. The lowest BCUT2D eigenvalue weighted by atomic mass is 9.98. The third-order valence-corrected chi connectivity index (χ3v) is 3.28. The third-order valence-electron chi connectivity index (χ3n) is 3.28. The van der Waals surface area contributed by atoms with Crippen LogP contribution in [-0.4, -0.2) is 6.10 Å². The highest BCUT2D eigenvalue weighted by atomic mass is 19.1. The van der Waals surface area contributed by atoms with Gasteiger partial charge in [0, 0.05) is 0 Å². The van der Waals surface area contributed by atoms with Gasteiger partial charge in [-0.1, -0.05) is 24.3 Å². The van der Waals surface area contributed by atoms with Crippen LogP contribution in [0.25, 0.3) is 0 Å². The number of nitrogens with one attached hydrogen (secondary N) is 1. The lowest BCUT2D eigenvalue weighted by Gasteiger charge is -2.18. The molecule has 1 atom stereocenters. The highest BCUT2D eigenvalue weighted by Gasteiger charge is 2.14. The molecule has 3 N–H and O–H groups in total. The Kier molecular flexibility index (Phi) is 4.94. The molecular formula is C17H21FN2O. The van der Waals surface area contributed by atoms with Gasteiger partial charge in [0.2, 0.25) is 0 Å². The van der Waals surface area contributed by atoms with Crippen molar-refractivity contribution in [2.24, 2.45) is 5.84 Å². The normalized spacial score (nSPS) is 12.5. The maximum atomic E-state index is 13.7. The molecule has 2 aromatic carbocycles. The van der Waals surface area contributed by atoms with Gasteiger partial charge in [-0.3, -0.25) is 5.84 Å². The summed E-state index contributed by atoms with van der Waals surface area (Å²) in [5.74, 6) is 6.22. The van der Waals surface area contributed by atoms with Crippen LogP contribution in [0.2, 0.25) is 0 Å². The maximum absolute atomic E-state index is 13.7. The van der Waals surface area contributed by atoms with E-state index in [1.165, 1.54) is 6.07 Å². The minimum Gasteiger partial charge on any atom is -0.491 e. The second-order valence-electron chi connectivity index (χ2n) is 5.34. The van der Waals surface area contributed by atoms with E-state index in [1.807, 2.05) is 44.2 Å². The van der Waals surface area contributed by atoms with Gasteiger partial charge in [-0.2, -0.15) is 0 Å². The van der Waals surface area contributed by atoms with E-state index in [0.29, 0.717) is 5.56 Å². The van der Waals surface area contributed by atoms with E-state index in [4.69, 9.17) is 10.6 Å². The van der Waals surface area contributed by atoms with E-state index in [0.717, 1.165) is 16.9 Å². The predicted molar refractivity (Wildman–Crippen MR) is 82.5 cm³/mol. The SMILES string of the molecule is Cc1ccc(C(NN)c2ccc(OC(C)C)cc2)cc1F.